The number of ether oxygens (including phenoxy) is 2. The first-order valence-electron chi connectivity index (χ1n) is 9.53. The maximum atomic E-state index is 12.4. The van der Waals surface area contributed by atoms with Crippen molar-refractivity contribution in [3.05, 3.63) is 29.8 Å². The van der Waals surface area contributed by atoms with Crippen LogP contribution in [-0.2, 0) is 23.8 Å². The van der Waals surface area contributed by atoms with Crippen LogP contribution in [0.1, 0.15) is 64.9 Å². The zero-order chi connectivity index (χ0) is 19.2. The van der Waals surface area contributed by atoms with Crippen molar-refractivity contribution in [1.29, 1.82) is 0 Å². The van der Waals surface area contributed by atoms with Crippen molar-refractivity contribution in [1.82, 2.24) is 0 Å². The van der Waals surface area contributed by atoms with Crippen molar-refractivity contribution in [3.63, 3.8) is 0 Å². The number of aryl methyl sites for hydroxylation is 1. The van der Waals surface area contributed by atoms with E-state index in [4.69, 9.17) is 13.7 Å². The van der Waals surface area contributed by atoms with Crippen LogP contribution in [-0.4, -0.2) is 33.0 Å². The van der Waals surface area contributed by atoms with Crippen LogP contribution in [0.2, 0.25) is 0 Å². The van der Waals surface area contributed by atoms with Gasteiger partial charge >= 0.3 is 0 Å². The molecule has 0 saturated carbocycles. The fraction of sp³-hybridized carbons (Fsp3) is 0.700. The van der Waals surface area contributed by atoms with E-state index in [1.54, 1.807) is 24.3 Å². The lowest BCUT2D eigenvalue weighted by Gasteiger charge is -2.40. The highest BCUT2D eigenvalue weighted by atomic mass is 32.2. The van der Waals surface area contributed by atoms with Crippen molar-refractivity contribution < 1.29 is 22.1 Å². The van der Waals surface area contributed by atoms with Crippen LogP contribution in [0.25, 0.3) is 0 Å². The predicted molar refractivity (Wildman–Crippen MR) is 102 cm³/mol. The molecule has 0 spiro atoms. The van der Waals surface area contributed by atoms with Gasteiger partial charge in [-0.1, -0.05) is 50.3 Å². The minimum Gasteiger partial charge on any atom is -0.347 e. The number of rotatable bonds is 9. The van der Waals surface area contributed by atoms with E-state index in [0.717, 1.165) is 18.4 Å². The van der Waals surface area contributed by atoms with Gasteiger partial charge in [0.2, 0.25) is 0 Å². The summed E-state index contributed by atoms with van der Waals surface area (Å²) in [6.45, 7) is 7.85. The first kappa shape index (κ1) is 21.4. The molecule has 148 valence electrons. The van der Waals surface area contributed by atoms with Crippen molar-refractivity contribution in [2.24, 2.45) is 0 Å². The summed E-state index contributed by atoms with van der Waals surface area (Å²) >= 11 is 0. The van der Waals surface area contributed by atoms with Crippen molar-refractivity contribution >= 4 is 10.1 Å². The van der Waals surface area contributed by atoms with E-state index in [9.17, 15) is 8.42 Å². The Kier molecular flexibility index (Phi) is 7.64. The lowest BCUT2D eigenvalue weighted by atomic mass is 10.0. The van der Waals surface area contributed by atoms with Crippen molar-refractivity contribution in [3.8, 4) is 0 Å². The summed E-state index contributed by atoms with van der Waals surface area (Å²) < 4.78 is 41.9. The van der Waals surface area contributed by atoms with Gasteiger partial charge in [0.05, 0.1) is 23.7 Å². The summed E-state index contributed by atoms with van der Waals surface area (Å²) in [5.41, 5.74) is 1.00. The monoisotopic (exact) mass is 384 g/mol. The Balaban J connectivity index is 1.91. The minimum atomic E-state index is -3.78. The van der Waals surface area contributed by atoms with Crippen LogP contribution in [0, 0.1) is 6.92 Å². The normalized spacial score (nSPS) is 23.1. The second-order valence-electron chi connectivity index (χ2n) is 7.52. The van der Waals surface area contributed by atoms with E-state index in [1.807, 2.05) is 20.8 Å². The van der Waals surface area contributed by atoms with Crippen LogP contribution in [0.3, 0.4) is 0 Å². The van der Waals surface area contributed by atoms with E-state index in [0.29, 0.717) is 6.42 Å². The van der Waals surface area contributed by atoms with Crippen LogP contribution < -0.4 is 0 Å². The first-order chi connectivity index (χ1) is 12.2. The molecule has 2 atom stereocenters. The van der Waals surface area contributed by atoms with Crippen molar-refractivity contribution in [2.45, 2.75) is 89.1 Å². The zero-order valence-corrected chi connectivity index (χ0v) is 17.2. The molecule has 6 heteroatoms. The Morgan fingerprint density at radius 1 is 1.08 bits per heavy atom. The van der Waals surface area contributed by atoms with Gasteiger partial charge in [-0.15, -0.1) is 0 Å². The SMILES string of the molecule is CCCCCC[C@H]1C[C@@H](COS(=O)(=O)c2ccc(C)cc2)OC(C)(C)O1. The Morgan fingerprint density at radius 3 is 2.38 bits per heavy atom. The van der Waals surface area contributed by atoms with Gasteiger partial charge < -0.3 is 9.47 Å². The maximum Gasteiger partial charge on any atom is 0.297 e. The molecule has 1 heterocycles. The van der Waals surface area contributed by atoms with Crippen molar-refractivity contribution in [2.75, 3.05) is 6.61 Å². The summed E-state index contributed by atoms with van der Waals surface area (Å²) in [5, 5.41) is 0. The van der Waals surface area contributed by atoms with Gasteiger partial charge in [0, 0.05) is 6.42 Å². The largest absolute Gasteiger partial charge is 0.347 e. The topological polar surface area (TPSA) is 61.8 Å². The van der Waals surface area contributed by atoms with E-state index < -0.39 is 15.9 Å². The molecule has 1 aromatic carbocycles. The number of hydrogen-bond acceptors (Lipinski definition) is 5. The molecule has 1 aliphatic heterocycles. The molecule has 0 aliphatic carbocycles. The van der Waals surface area contributed by atoms with E-state index in [2.05, 4.69) is 6.92 Å². The molecule has 0 N–H and O–H groups in total. The average molecular weight is 385 g/mol. The van der Waals surface area contributed by atoms with Crippen LogP contribution >= 0.6 is 0 Å². The smallest absolute Gasteiger partial charge is 0.297 e. The molecule has 0 radical (unpaired) electrons. The molecule has 2 rings (SSSR count). The van der Waals surface area contributed by atoms with Crippen LogP contribution in [0.4, 0.5) is 0 Å². The second-order valence-corrected chi connectivity index (χ2v) is 9.13. The average Bonchev–Trinajstić information content (AvgIpc) is 2.56. The third-order valence-corrected chi connectivity index (χ3v) is 5.82. The van der Waals surface area contributed by atoms with E-state index in [1.165, 1.54) is 19.3 Å². The molecular formula is C20H32O5S. The van der Waals surface area contributed by atoms with Gasteiger partial charge in [-0.05, 0) is 39.3 Å². The maximum absolute atomic E-state index is 12.4. The first-order valence-corrected chi connectivity index (χ1v) is 10.9. The number of benzene rings is 1. The third-order valence-electron chi connectivity index (χ3n) is 4.53. The summed E-state index contributed by atoms with van der Waals surface area (Å²) in [6, 6.07) is 6.65. The number of hydrogen-bond donors (Lipinski definition) is 0. The predicted octanol–water partition coefficient (Wildman–Crippen LogP) is 4.58. The van der Waals surface area contributed by atoms with E-state index in [-0.39, 0.29) is 23.7 Å². The molecule has 1 aromatic rings. The molecule has 26 heavy (non-hydrogen) atoms. The molecule has 1 saturated heterocycles. The Morgan fingerprint density at radius 2 is 1.73 bits per heavy atom. The third kappa shape index (κ3) is 6.65. The summed E-state index contributed by atoms with van der Waals surface area (Å²) in [4.78, 5) is 0.172. The molecule has 1 aliphatic rings. The fourth-order valence-corrected chi connectivity index (χ4v) is 4.17. The lowest BCUT2D eigenvalue weighted by molar-refractivity contribution is -0.303. The molecule has 1 fully saturated rings. The van der Waals surface area contributed by atoms with Gasteiger partial charge in [-0.3, -0.25) is 4.18 Å². The van der Waals surface area contributed by atoms with Gasteiger partial charge in [0.15, 0.2) is 5.79 Å². The highest BCUT2D eigenvalue weighted by Crippen LogP contribution is 2.30. The summed E-state index contributed by atoms with van der Waals surface area (Å²) in [6.07, 6.45) is 6.14. The molecule has 0 unspecified atom stereocenters. The van der Waals surface area contributed by atoms with Crippen LogP contribution in [0.5, 0.6) is 0 Å². The Labute approximate surface area is 158 Å². The molecule has 0 amide bonds. The highest BCUT2D eigenvalue weighted by Gasteiger charge is 2.36. The van der Waals surface area contributed by atoms with Gasteiger partial charge in [0.1, 0.15) is 0 Å². The van der Waals surface area contributed by atoms with E-state index >= 15 is 0 Å². The zero-order valence-electron chi connectivity index (χ0n) is 16.4. The summed E-state index contributed by atoms with van der Waals surface area (Å²) in [7, 11) is -3.78. The Bertz CT molecular complexity index is 651. The van der Waals surface area contributed by atoms with Gasteiger partial charge in [0.25, 0.3) is 10.1 Å². The highest BCUT2D eigenvalue weighted by molar-refractivity contribution is 7.86. The lowest BCUT2D eigenvalue weighted by Crippen LogP contribution is -2.46. The standard InChI is InChI=1S/C20H32O5S/c1-5-6-7-8-9-17-14-18(25-20(3,4)24-17)15-23-26(21,22)19-12-10-16(2)11-13-19/h10-13,17-18H,5-9,14-15H2,1-4H3/t17-,18-/m0/s1. The summed E-state index contributed by atoms with van der Waals surface area (Å²) in [5.74, 6) is -0.727. The molecular weight excluding hydrogens is 352 g/mol. The minimum absolute atomic E-state index is 0.00839. The Hall–Kier alpha value is -0.950. The number of unbranched alkanes of at least 4 members (excludes halogenated alkanes) is 3. The fourth-order valence-electron chi connectivity index (χ4n) is 3.24. The molecule has 5 nitrogen and oxygen atoms in total. The quantitative estimate of drug-likeness (QED) is 0.461. The van der Waals surface area contributed by atoms with Gasteiger partial charge in [-0.2, -0.15) is 8.42 Å². The second kappa shape index (κ2) is 9.31. The molecule has 0 aromatic heterocycles. The molecule has 0 bridgehead atoms. The van der Waals surface area contributed by atoms with Gasteiger partial charge in [-0.25, -0.2) is 0 Å². The van der Waals surface area contributed by atoms with Crippen LogP contribution in [0.15, 0.2) is 29.2 Å².